The maximum atomic E-state index is 13.0. The van der Waals surface area contributed by atoms with Crippen molar-refractivity contribution in [3.05, 3.63) is 41.5 Å². The van der Waals surface area contributed by atoms with Crippen LogP contribution in [0.4, 0.5) is 10.1 Å². The molecule has 2 heterocycles. The highest BCUT2D eigenvalue weighted by atomic mass is 32.2. The minimum absolute atomic E-state index is 0.0800. The second-order valence-electron chi connectivity index (χ2n) is 6.43. The summed E-state index contributed by atoms with van der Waals surface area (Å²) in [6.07, 6.45) is 0. The van der Waals surface area contributed by atoms with E-state index in [0.29, 0.717) is 37.6 Å². The standard InChI is InChI=1S/C17H22FN5O3S/c1-12-17(13(2)21-20-12)27(25,26)19-11-16(24)23-9-7-22(8-10-23)15-5-3-14(18)4-6-15/h3-6,19H,7-11H2,1-2H3,(H,20,21). The van der Waals surface area contributed by atoms with Gasteiger partial charge in [0.25, 0.3) is 0 Å². The number of sulfonamides is 1. The summed E-state index contributed by atoms with van der Waals surface area (Å²) in [5.74, 6) is -0.570. The van der Waals surface area contributed by atoms with E-state index in [-0.39, 0.29) is 23.2 Å². The predicted octanol–water partition coefficient (Wildman–Crippen LogP) is 0.793. The minimum Gasteiger partial charge on any atom is -0.368 e. The van der Waals surface area contributed by atoms with Gasteiger partial charge in [-0.3, -0.25) is 9.89 Å². The smallest absolute Gasteiger partial charge is 0.244 e. The molecule has 1 amide bonds. The largest absolute Gasteiger partial charge is 0.368 e. The molecule has 0 spiro atoms. The number of nitrogens with zero attached hydrogens (tertiary/aromatic N) is 3. The summed E-state index contributed by atoms with van der Waals surface area (Å²) >= 11 is 0. The van der Waals surface area contributed by atoms with Crippen molar-refractivity contribution in [3.8, 4) is 0 Å². The molecule has 1 aromatic carbocycles. The Morgan fingerprint density at radius 1 is 1.19 bits per heavy atom. The van der Waals surface area contributed by atoms with Crippen LogP contribution in [0.15, 0.2) is 29.2 Å². The van der Waals surface area contributed by atoms with Crippen LogP contribution in [0.2, 0.25) is 0 Å². The summed E-state index contributed by atoms with van der Waals surface area (Å²) in [4.78, 5) is 16.1. The first-order valence-electron chi connectivity index (χ1n) is 8.57. The Hall–Kier alpha value is -2.46. The van der Waals surface area contributed by atoms with Gasteiger partial charge in [-0.1, -0.05) is 0 Å². The summed E-state index contributed by atoms with van der Waals surface area (Å²) in [6, 6.07) is 6.22. The first-order valence-corrected chi connectivity index (χ1v) is 10.1. The van der Waals surface area contributed by atoms with Crippen LogP contribution < -0.4 is 9.62 Å². The maximum Gasteiger partial charge on any atom is 0.244 e. The van der Waals surface area contributed by atoms with Gasteiger partial charge in [-0.25, -0.2) is 17.5 Å². The van der Waals surface area contributed by atoms with E-state index in [1.165, 1.54) is 12.1 Å². The summed E-state index contributed by atoms with van der Waals surface area (Å²) in [7, 11) is -3.81. The van der Waals surface area contributed by atoms with E-state index in [4.69, 9.17) is 0 Å². The molecule has 1 aromatic heterocycles. The van der Waals surface area contributed by atoms with Crippen molar-refractivity contribution in [1.29, 1.82) is 0 Å². The van der Waals surface area contributed by atoms with Gasteiger partial charge in [0.2, 0.25) is 15.9 Å². The Morgan fingerprint density at radius 3 is 2.37 bits per heavy atom. The predicted molar refractivity (Wildman–Crippen MR) is 98.4 cm³/mol. The van der Waals surface area contributed by atoms with Gasteiger partial charge in [0.15, 0.2) is 0 Å². The molecular formula is C17H22FN5O3S. The van der Waals surface area contributed by atoms with Crippen LogP contribution in [0.3, 0.4) is 0 Å². The maximum absolute atomic E-state index is 13.0. The molecule has 27 heavy (non-hydrogen) atoms. The van der Waals surface area contributed by atoms with E-state index >= 15 is 0 Å². The first-order chi connectivity index (χ1) is 12.8. The highest BCUT2D eigenvalue weighted by molar-refractivity contribution is 7.89. The van der Waals surface area contributed by atoms with Crippen LogP contribution in [0.25, 0.3) is 0 Å². The molecule has 8 nitrogen and oxygen atoms in total. The number of H-pyrrole nitrogens is 1. The third-order valence-electron chi connectivity index (χ3n) is 4.57. The highest BCUT2D eigenvalue weighted by Crippen LogP contribution is 2.18. The van der Waals surface area contributed by atoms with Crippen molar-refractivity contribution in [1.82, 2.24) is 19.8 Å². The van der Waals surface area contributed by atoms with Crippen molar-refractivity contribution < 1.29 is 17.6 Å². The van der Waals surface area contributed by atoms with E-state index < -0.39 is 10.0 Å². The number of anilines is 1. The zero-order valence-corrected chi connectivity index (χ0v) is 16.0. The SMILES string of the molecule is Cc1n[nH]c(C)c1S(=O)(=O)NCC(=O)N1CCN(c2ccc(F)cc2)CC1. The van der Waals surface area contributed by atoms with E-state index in [1.54, 1.807) is 30.9 Å². The van der Waals surface area contributed by atoms with Crippen molar-refractivity contribution >= 4 is 21.6 Å². The van der Waals surface area contributed by atoms with Crippen molar-refractivity contribution in [2.24, 2.45) is 0 Å². The molecule has 0 bridgehead atoms. The number of carbonyl (C=O) groups excluding carboxylic acids is 1. The fraction of sp³-hybridized carbons (Fsp3) is 0.412. The van der Waals surface area contributed by atoms with Crippen LogP contribution in [-0.2, 0) is 14.8 Å². The Morgan fingerprint density at radius 2 is 1.81 bits per heavy atom. The molecule has 0 saturated carbocycles. The lowest BCUT2D eigenvalue weighted by Gasteiger charge is -2.36. The number of rotatable bonds is 5. The Kier molecular flexibility index (Phi) is 5.47. The molecule has 1 saturated heterocycles. The van der Waals surface area contributed by atoms with Crippen LogP contribution in [-0.4, -0.2) is 62.1 Å². The lowest BCUT2D eigenvalue weighted by molar-refractivity contribution is -0.130. The fourth-order valence-electron chi connectivity index (χ4n) is 3.14. The molecule has 0 aliphatic carbocycles. The Labute approximate surface area is 157 Å². The van der Waals surface area contributed by atoms with E-state index in [9.17, 15) is 17.6 Å². The first kappa shape index (κ1) is 19.3. The third-order valence-corrected chi connectivity index (χ3v) is 6.23. The van der Waals surface area contributed by atoms with Crippen molar-refractivity contribution in [2.45, 2.75) is 18.7 Å². The van der Waals surface area contributed by atoms with Gasteiger partial charge < -0.3 is 9.80 Å². The van der Waals surface area contributed by atoms with Gasteiger partial charge in [-0.2, -0.15) is 5.10 Å². The van der Waals surface area contributed by atoms with Gasteiger partial charge in [0.05, 0.1) is 17.9 Å². The summed E-state index contributed by atoms with van der Waals surface area (Å²) < 4.78 is 40.2. The van der Waals surface area contributed by atoms with Gasteiger partial charge in [-0.05, 0) is 38.1 Å². The molecule has 0 radical (unpaired) electrons. The fourth-order valence-corrected chi connectivity index (χ4v) is 4.48. The van der Waals surface area contributed by atoms with Crippen molar-refractivity contribution in [3.63, 3.8) is 0 Å². The monoisotopic (exact) mass is 395 g/mol. The minimum atomic E-state index is -3.81. The zero-order chi connectivity index (χ0) is 19.6. The molecular weight excluding hydrogens is 373 g/mol. The van der Waals surface area contributed by atoms with Crippen LogP contribution in [0.5, 0.6) is 0 Å². The topological polar surface area (TPSA) is 98.4 Å². The zero-order valence-electron chi connectivity index (χ0n) is 15.2. The average molecular weight is 395 g/mol. The Balaban J connectivity index is 1.55. The molecule has 0 atom stereocenters. The molecule has 2 aromatic rings. The molecule has 1 aliphatic rings. The van der Waals surface area contributed by atoms with Gasteiger partial charge in [-0.15, -0.1) is 0 Å². The number of benzene rings is 1. The van der Waals surface area contributed by atoms with Crippen LogP contribution >= 0.6 is 0 Å². The number of amides is 1. The second-order valence-corrected chi connectivity index (χ2v) is 8.14. The van der Waals surface area contributed by atoms with E-state index in [1.807, 2.05) is 0 Å². The summed E-state index contributed by atoms with van der Waals surface area (Å²) in [6.45, 7) is 5.06. The number of halogens is 1. The molecule has 2 N–H and O–H groups in total. The molecule has 1 fully saturated rings. The number of carbonyl (C=O) groups is 1. The van der Waals surface area contributed by atoms with E-state index in [0.717, 1.165) is 5.69 Å². The average Bonchev–Trinajstić information content (AvgIpc) is 3.00. The quantitative estimate of drug-likeness (QED) is 0.780. The normalized spacial score (nSPS) is 15.2. The molecule has 10 heteroatoms. The van der Waals surface area contributed by atoms with Gasteiger partial charge in [0.1, 0.15) is 10.7 Å². The van der Waals surface area contributed by atoms with E-state index in [2.05, 4.69) is 19.8 Å². The molecule has 1 aliphatic heterocycles. The number of aromatic nitrogens is 2. The van der Waals surface area contributed by atoms with Gasteiger partial charge in [0, 0.05) is 31.9 Å². The highest BCUT2D eigenvalue weighted by Gasteiger charge is 2.26. The van der Waals surface area contributed by atoms with Crippen molar-refractivity contribution in [2.75, 3.05) is 37.6 Å². The lowest BCUT2D eigenvalue weighted by atomic mass is 10.2. The molecule has 0 unspecified atom stereocenters. The number of aromatic amines is 1. The number of aryl methyl sites for hydroxylation is 2. The van der Waals surface area contributed by atoms with Crippen LogP contribution in [0.1, 0.15) is 11.4 Å². The third kappa shape index (κ3) is 4.28. The van der Waals surface area contributed by atoms with Crippen LogP contribution in [0, 0.1) is 19.7 Å². The lowest BCUT2D eigenvalue weighted by Crippen LogP contribution is -2.51. The number of nitrogens with one attached hydrogen (secondary N) is 2. The number of hydrogen-bond donors (Lipinski definition) is 2. The number of hydrogen-bond acceptors (Lipinski definition) is 5. The Bertz CT molecular complexity index is 899. The summed E-state index contributed by atoms with van der Waals surface area (Å²) in [5, 5.41) is 6.50. The molecule has 3 rings (SSSR count). The second kappa shape index (κ2) is 7.65. The van der Waals surface area contributed by atoms with Gasteiger partial charge >= 0.3 is 0 Å². The molecule has 146 valence electrons. The number of piperazine rings is 1. The summed E-state index contributed by atoms with van der Waals surface area (Å²) in [5.41, 5.74) is 1.69.